The van der Waals surface area contributed by atoms with Crippen LogP contribution in [0.5, 0.6) is 0 Å². The number of likely N-dealkylation sites (tertiary alicyclic amines) is 1. The van der Waals surface area contributed by atoms with E-state index in [1.54, 1.807) is 0 Å². The van der Waals surface area contributed by atoms with Gasteiger partial charge in [-0.05, 0) is 82.2 Å². The van der Waals surface area contributed by atoms with Crippen molar-refractivity contribution in [3.63, 3.8) is 0 Å². The van der Waals surface area contributed by atoms with Crippen LogP contribution in [0.3, 0.4) is 0 Å². The van der Waals surface area contributed by atoms with Gasteiger partial charge >= 0.3 is 0 Å². The van der Waals surface area contributed by atoms with Crippen LogP contribution in [0.4, 0.5) is 0 Å². The molecule has 27 heavy (non-hydrogen) atoms. The number of rotatable bonds is 8. The smallest absolute Gasteiger partial charge is 0.222 e. The maximum atomic E-state index is 13.0. The maximum absolute atomic E-state index is 13.0. The molecule has 1 amide bonds. The molecule has 0 spiro atoms. The Morgan fingerprint density at radius 1 is 1.04 bits per heavy atom. The van der Waals surface area contributed by atoms with Crippen molar-refractivity contribution in [1.29, 1.82) is 0 Å². The fourth-order valence-corrected chi connectivity index (χ4v) is 5.42. The topological polar surface area (TPSA) is 32.8 Å². The van der Waals surface area contributed by atoms with E-state index in [1.165, 1.54) is 64.5 Å². The van der Waals surface area contributed by atoms with Crippen LogP contribution in [-0.2, 0) is 9.53 Å². The zero-order valence-electron chi connectivity index (χ0n) is 17.5. The highest BCUT2D eigenvalue weighted by molar-refractivity contribution is 5.76. The largest absolute Gasteiger partial charge is 0.376 e. The molecular weight excluding hydrogens is 336 g/mol. The molecular formula is C23H40N2O2. The lowest BCUT2D eigenvalue weighted by atomic mass is 9.94. The molecule has 2 aliphatic carbocycles. The molecule has 4 rings (SSSR count). The molecule has 4 nitrogen and oxygen atoms in total. The fourth-order valence-electron chi connectivity index (χ4n) is 5.42. The number of ether oxygens (including phenoxy) is 1. The first-order valence-electron chi connectivity index (χ1n) is 11.7. The lowest BCUT2D eigenvalue weighted by Crippen LogP contribution is -2.45. The molecule has 0 aromatic rings. The third-order valence-corrected chi connectivity index (χ3v) is 7.82. The van der Waals surface area contributed by atoms with Gasteiger partial charge in [-0.2, -0.15) is 0 Å². The van der Waals surface area contributed by atoms with E-state index in [2.05, 4.69) is 16.7 Å². The molecule has 1 atom stereocenters. The van der Waals surface area contributed by atoms with E-state index in [-0.39, 0.29) is 6.10 Å². The highest BCUT2D eigenvalue weighted by atomic mass is 16.5. The summed E-state index contributed by atoms with van der Waals surface area (Å²) >= 11 is 0. The number of carbonyl (C=O) groups excluding carboxylic acids is 1. The molecule has 2 saturated heterocycles. The summed E-state index contributed by atoms with van der Waals surface area (Å²) in [6.07, 6.45) is 15.2. The van der Waals surface area contributed by atoms with Crippen LogP contribution in [0.25, 0.3) is 0 Å². The molecule has 2 aliphatic heterocycles. The number of carbonyl (C=O) groups is 1. The normalized spacial score (nSPS) is 29.3. The molecule has 4 fully saturated rings. The first-order chi connectivity index (χ1) is 13.1. The van der Waals surface area contributed by atoms with Gasteiger partial charge in [0.15, 0.2) is 0 Å². The summed E-state index contributed by atoms with van der Waals surface area (Å²) in [5.74, 6) is 1.07. The van der Waals surface area contributed by atoms with Crippen molar-refractivity contribution in [2.75, 3.05) is 32.8 Å². The number of piperidine rings is 1. The summed E-state index contributed by atoms with van der Waals surface area (Å²) in [7, 11) is 0. The predicted octanol–water partition coefficient (Wildman–Crippen LogP) is 4.23. The van der Waals surface area contributed by atoms with Crippen LogP contribution in [0.15, 0.2) is 0 Å². The van der Waals surface area contributed by atoms with Crippen molar-refractivity contribution in [3.8, 4) is 0 Å². The van der Waals surface area contributed by atoms with E-state index >= 15 is 0 Å². The molecule has 0 N–H and O–H groups in total. The van der Waals surface area contributed by atoms with Crippen LogP contribution in [-0.4, -0.2) is 60.6 Å². The van der Waals surface area contributed by atoms with E-state index in [4.69, 9.17) is 4.74 Å². The quantitative estimate of drug-likeness (QED) is 0.635. The number of hydrogen-bond acceptors (Lipinski definition) is 3. The molecule has 4 aliphatic rings. The fraction of sp³-hybridized carbons (Fsp3) is 0.957. The number of nitrogens with zero attached hydrogens (tertiary/aromatic N) is 2. The second-order valence-electron chi connectivity index (χ2n) is 10.2. The van der Waals surface area contributed by atoms with Gasteiger partial charge in [-0.15, -0.1) is 0 Å². The van der Waals surface area contributed by atoms with E-state index in [0.29, 0.717) is 17.2 Å². The Bertz CT molecular complexity index is 485. The van der Waals surface area contributed by atoms with Crippen molar-refractivity contribution >= 4 is 5.91 Å². The molecule has 0 radical (unpaired) electrons. The van der Waals surface area contributed by atoms with Crippen molar-refractivity contribution in [2.24, 2.45) is 11.3 Å². The van der Waals surface area contributed by atoms with Gasteiger partial charge in [0.05, 0.1) is 6.10 Å². The summed E-state index contributed by atoms with van der Waals surface area (Å²) in [6.45, 7) is 7.50. The van der Waals surface area contributed by atoms with Crippen molar-refractivity contribution in [3.05, 3.63) is 0 Å². The van der Waals surface area contributed by atoms with Gasteiger partial charge in [-0.25, -0.2) is 0 Å². The highest BCUT2D eigenvalue weighted by Crippen LogP contribution is 2.49. The van der Waals surface area contributed by atoms with Gasteiger partial charge in [0.2, 0.25) is 5.91 Å². The van der Waals surface area contributed by atoms with Gasteiger partial charge in [0, 0.05) is 32.2 Å². The monoisotopic (exact) mass is 376 g/mol. The maximum Gasteiger partial charge on any atom is 0.222 e. The third-order valence-electron chi connectivity index (χ3n) is 7.82. The van der Waals surface area contributed by atoms with Gasteiger partial charge in [0.1, 0.15) is 0 Å². The molecule has 0 aromatic heterocycles. The Balaban J connectivity index is 1.27. The minimum atomic E-state index is 0.282. The van der Waals surface area contributed by atoms with Gasteiger partial charge < -0.3 is 14.5 Å². The summed E-state index contributed by atoms with van der Waals surface area (Å²) in [6, 6.07) is 0.856. The van der Waals surface area contributed by atoms with Gasteiger partial charge in [-0.1, -0.05) is 19.8 Å². The van der Waals surface area contributed by atoms with E-state index < -0.39 is 0 Å². The van der Waals surface area contributed by atoms with Crippen LogP contribution in [0.1, 0.15) is 84.0 Å². The second kappa shape index (κ2) is 8.82. The van der Waals surface area contributed by atoms with Gasteiger partial charge in [-0.3, -0.25) is 4.79 Å². The second-order valence-corrected chi connectivity index (χ2v) is 10.2. The van der Waals surface area contributed by atoms with Crippen molar-refractivity contribution in [2.45, 2.75) is 96.1 Å². The Morgan fingerprint density at radius 3 is 2.41 bits per heavy atom. The summed E-state index contributed by atoms with van der Waals surface area (Å²) in [4.78, 5) is 17.9. The van der Waals surface area contributed by atoms with Gasteiger partial charge in [0.25, 0.3) is 0 Å². The van der Waals surface area contributed by atoms with Crippen molar-refractivity contribution < 1.29 is 9.53 Å². The van der Waals surface area contributed by atoms with Crippen LogP contribution in [0, 0.1) is 11.3 Å². The first kappa shape index (κ1) is 19.7. The Kier molecular flexibility index (Phi) is 6.43. The average Bonchev–Trinajstić information content (AvgIpc) is 3.12. The van der Waals surface area contributed by atoms with Crippen molar-refractivity contribution in [1.82, 2.24) is 9.80 Å². The number of hydrogen-bond donors (Lipinski definition) is 0. The molecule has 154 valence electrons. The summed E-state index contributed by atoms with van der Waals surface area (Å²) in [5, 5.41) is 0. The predicted molar refractivity (Wildman–Crippen MR) is 109 cm³/mol. The zero-order valence-corrected chi connectivity index (χ0v) is 17.5. The molecule has 4 heteroatoms. The molecule has 2 heterocycles. The molecule has 2 saturated carbocycles. The standard InChI is InChI=1S/C23H40N2O2/c1-23(12-13-23)11-8-22(26)25(18-21-7-4-16-27-21)17-19-9-14-24(15-10-19)20-5-2-3-6-20/h19-21H,2-18H2,1H3/t21-/m0/s1. The molecule has 0 unspecified atom stereocenters. The SMILES string of the molecule is CC1(CCC(=O)N(CC2CCN(C3CCCC3)CC2)C[C@@H]2CCCO2)CC1. The lowest BCUT2D eigenvalue weighted by molar-refractivity contribution is -0.134. The first-order valence-corrected chi connectivity index (χ1v) is 11.7. The highest BCUT2D eigenvalue weighted by Gasteiger charge is 2.38. The number of amides is 1. The van der Waals surface area contributed by atoms with E-state index in [9.17, 15) is 4.79 Å². The minimum Gasteiger partial charge on any atom is -0.376 e. The van der Waals surface area contributed by atoms with Crippen LogP contribution >= 0.6 is 0 Å². The minimum absolute atomic E-state index is 0.282. The molecule has 0 bridgehead atoms. The zero-order chi connectivity index (χ0) is 18.7. The Hall–Kier alpha value is -0.610. The Morgan fingerprint density at radius 2 is 1.78 bits per heavy atom. The Labute approximate surface area is 166 Å². The summed E-state index contributed by atoms with van der Waals surface area (Å²) in [5.41, 5.74) is 0.470. The van der Waals surface area contributed by atoms with Crippen LogP contribution in [0.2, 0.25) is 0 Å². The van der Waals surface area contributed by atoms with Crippen LogP contribution < -0.4 is 0 Å². The average molecular weight is 377 g/mol. The molecule has 0 aromatic carbocycles. The van der Waals surface area contributed by atoms with E-state index in [0.717, 1.165) is 51.4 Å². The third kappa shape index (κ3) is 5.47. The lowest BCUT2D eigenvalue weighted by Gasteiger charge is -2.38. The van der Waals surface area contributed by atoms with E-state index in [1.807, 2.05) is 0 Å². The summed E-state index contributed by atoms with van der Waals surface area (Å²) < 4.78 is 5.86.